The molecule has 0 aromatic heterocycles. The van der Waals surface area contributed by atoms with Gasteiger partial charge in [0, 0.05) is 0 Å². The molecule has 2 aliphatic rings. The fraction of sp³-hybridized carbons (Fsp3) is 0.0909. The van der Waals surface area contributed by atoms with Gasteiger partial charge >= 0.3 is 0 Å². The van der Waals surface area contributed by atoms with Gasteiger partial charge in [-0.2, -0.15) is 10.5 Å². The summed E-state index contributed by atoms with van der Waals surface area (Å²) in [5, 5.41) is 17.5. The summed E-state index contributed by atoms with van der Waals surface area (Å²) in [4.78, 5) is 24.2. The Morgan fingerprint density at radius 1 is 1.05 bits per heavy atom. The molecule has 0 atom stereocenters. The first-order valence-corrected chi connectivity index (χ1v) is 6.73. The Kier molecular flexibility index (Phi) is 3.54. The Labute approximate surface area is 119 Å². The van der Waals surface area contributed by atoms with Gasteiger partial charge in [-0.1, -0.05) is 11.6 Å². The first kappa shape index (κ1) is 13.5. The van der Waals surface area contributed by atoms with Crippen LogP contribution in [-0.4, -0.2) is 7.11 Å². The lowest BCUT2D eigenvalue weighted by Gasteiger charge is -2.01. The van der Waals surface area contributed by atoms with Crippen LogP contribution in [0.4, 0.5) is 0 Å². The minimum Gasteiger partial charge on any atom is -0.491 e. The fourth-order valence-corrected chi connectivity index (χ4v) is 3.76. The first-order chi connectivity index (χ1) is 9.04. The van der Waals surface area contributed by atoms with Gasteiger partial charge in [-0.25, -0.2) is 0 Å². The molecule has 0 N–H and O–H groups in total. The molecule has 0 saturated carbocycles. The van der Waals surface area contributed by atoms with Gasteiger partial charge in [-0.3, -0.25) is 9.59 Å². The van der Waals surface area contributed by atoms with Gasteiger partial charge in [0.2, 0.25) is 10.9 Å². The second-order valence-corrected chi connectivity index (χ2v) is 5.67. The Balaban J connectivity index is 3.21. The number of rotatable bonds is 1. The Morgan fingerprint density at radius 2 is 1.53 bits per heavy atom. The van der Waals surface area contributed by atoms with E-state index in [1.54, 1.807) is 0 Å². The van der Waals surface area contributed by atoms with Crippen LogP contribution < -0.4 is 15.6 Å². The van der Waals surface area contributed by atoms with Crippen molar-refractivity contribution >= 4 is 34.3 Å². The summed E-state index contributed by atoms with van der Waals surface area (Å²) < 4.78 is 4.96. The monoisotopic (exact) mass is 310 g/mol. The maximum absolute atomic E-state index is 12.1. The van der Waals surface area contributed by atoms with Gasteiger partial charge in [0.25, 0.3) is 0 Å². The maximum Gasteiger partial charge on any atom is 0.240 e. The number of nitrogens with zero attached hydrogens (tertiary/aromatic N) is 2. The highest BCUT2D eigenvalue weighted by Gasteiger charge is 2.17. The normalized spacial score (nSPS) is 9.89. The van der Waals surface area contributed by atoms with Gasteiger partial charge < -0.3 is 4.74 Å². The molecule has 2 rings (SSSR count). The third-order valence-corrected chi connectivity index (χ3v) is 5.03. The lowest BCUT2D eigenvalue weighted by molar-refractivity contribution is 0.410. The van der Waals surface area contributed by atoms with E-state index in [0.717, 1.165) is 22.7 Å². The minimum absolute atomic E-state index is 0.0661. The van der Waals surface area contributed by atoms with Crippen LogP contribution in [0.1, 0.15) is 9.75 Å². The van der Waals surface area contributed by atoms with Crippen LogP contribution in [-0.2, 0) is 0 Å². The lowest BCUT2D eigenvalue weighted by Crippen LogP contribution is -2.16. The number of hydrogen-bond donors (Lipinski definition) is 0. The van der Waals surface area contributed by atoms with E-state index in [-0.39, 0.29) is 29.6 Å². The van der Waals surface area contributed by atoms with E-state index in [9.17, 15) is 9.59 Å². The molecule has 8 heteroatoms. The van der Waals surface area contributed by atoms with Crippen molar-refractivity contribution in [2.75, 3.05) is 7.11 Å². The molecule has 1 aliphatic carbocycles. The number of halogens is 1. The average molecular weight is 311 g/mol. The number of methoxy groups -OCH3 is 1. The summed E-state index contributed by atoms with van der Waals surface area (Å²) in [6, 6.07) is 3.65. The van der Waals surface area contributed by atoms with Crippen LogP contribution in [0.2, 0.25) is 5.02 Å². The largest absolute Gasteiger partial charge is 0.491 e. The summed E-state index contributed by atoms with van der Waals surface area (Å²) >= 11 is 7.35. The highest BCUT2D eigenvalue weighted by Crippen LogP contribution is 2.23. The SMILES string of the molecule is COc1c(Cl)c(=O)c2sc(C#N)c(C#N)sc=2c1=O. The van der Waals surface area contributed by atoms with E-state index >= 15 is 0 Å². The smallest absolute Gasteiger partial charge is 0.240 e. The standard InChI is InChI=1S/C11H3ClN2O3S2/c1-17-9-6(12)7(15)10-11(8(9)16)19-5(3-14)4(2-13)18-10/h1H3. The van der Waals surface area contributed by atoms with Gasteiger partial charge in [0.1, 0.15) is 31.4 Å². The zero-order valence-electron chi connectivity index (χ0n) is 9.31. The van der Waals surface area contributed by atoms with Gasteiger partial charge in [-0.15, -0.1) is 22.7 Å². The topological polar surface area (TPSA) is 90.9 Å². The molecular formula is C11H3ClN2O3S2. The summed E-state index contributed by atoms with van der Waals surface area (Å²) in [6.07, 6.45) is 0. The summed E-state index contributed by atoms with van der Waals surface area (Å²) in [5.41, 5.74) is -1.13. The van der Waals surface area contributed by atoms with E-state index < -0.39 is 10.9 Å². The average Bonchev–Trinajstić information content (AvgIpc) is 2.44. The molecule has 94 valence electrons. The molecule has 0 amide bonds. The molecule has 0 aromatic rings. The molecule has 1 heterocycles. The van der Waals surface area contributed by atoms with E-state index in [1.165, 1.54) is 7.11 Å². The first-order valence-electron chi connectivity index (χ1n) is 4.72. The summed E-state index contributed by atoms with van der Waals surface area (Å²) in [7, 11) is 1.23. The van der Waals surface area contributed by atoms with Crippen molar-refractivity contribution in [1.82, 2.24) is 0 Å². The maximum atomic E-state index is 12.1. The van der Waals surface area contributed by atoms with Crippen molar-refractivity contribution in [3.05, 3.63) is 44.3 Å². The van der Waals surface area contributed by atoms with E-state index in [1.807, 2.05) is 12.1 Å². The third kappa shape index (κ3) is 1.98. The quantitative estimate of drug-likeness (QED) is 0.799. The Morgan fingerprint density at radius 3 is 1.95 bits per heavy atom. The predicted octanol–water partition coefficient (Wildman–Crippen LogP) is 1.66. The number of hydrogen-bond acceptors (Lipinski definition) is 7. The van der Waals surface area contributed by atoms with Crippen molar-refractivity contribution in [3.8, 4) is 17.9 Å². The third-order valence-electron chi connectivity index (χ3n) is 2.25. The van der Waals surface area contributed by atoms with Crippen molar-refractivity contribution in [3.63, 3.8) is 0 Å². The van der Waals surface area contributed by atoms with Crippen LogP contribution in [0.3, 0.4) is 0 Å². The summed E-state index contributed by atoms with van der Waals surface area (Å²) in [6.45, 7) is 0. The van der Waals surface area contributed by atoms with Crippen LogP contribution in [0.25, 0.3) is 0 Å². The lowest BCUT2D eigenvalue weighted by atomic mass is 10.3. The van der Waals surface area contributed by atoms with Crippen molar-refractivity contribution in [1.29, 1.82) is 10.5 Å². The molecule has 0 unspecified atom stereocenters. The molecule has 0 fully saturated rings. The molecule has 1 aliphatic heterocycles. The zero-order chi connectivity index (χ0) is 14.2. The molecule has 0 aromatic carbocycles. The molecule has 0 spiro atoms. The molecule has 0 saturated heterocycles. The molecule has 0 radical (unpaired) electrons. The number of nitriles is 2. The zero-order valence-corrected chi connectivity index (χ0v) is 11.7. The molecule has 0 bridgehead atoms. The predicted molar refractivity (Wildman–Crippen MR) is 71.0 cm³/mol. The van der Waals surface area contributed by atoms with E-state index in [0.29, 0.717) is 0 Å². The van der Waals surface area contributed by atoms with Crippen LogP contribution in [0.5, 0.6) is 5.75 Å². The highest BCUT2D eigenvalue weighted by molar-refractivity contribution is 7.18. The van der Waals surface area contributed by atoms with Crippen molar-refractivity contribution in [2.24, 2.45) is 0 Å². The second kappa shape index (κ2) is 4.98. The van der Waals surface area contributed by atoms with Crippen LogP contribution in [0, 0.1) is 31.7 Å². The van der Waals surface area contributed by atoms with Gasteiger partial charge in [0.05, 0.1) is 11.6 Å². The van der Waals surface area contributed by atoms with E-state index in [2.05, 4.69) is 0 Å². The molecular weight excluding hydrogens is 308 g/mol. The fourth-order valence-electron chi connectivity index (χ4n) is 1.42. The van der Waals surface area contributed by atoms with E-state index in [4.69, 9.17) is 26.9 Å². The highest BCUT2D eigenvalue weighted by atomic mass is 35.5. The second-order valence-electron chi connectivity index (χ2n) is 3.25. The van der Waals surface area contributed by atoms with Gasteiger partial charge in [-0.05, 0) is 0 Å². The van der Waals surface area contributed by atoms with Crippen molar-refractivity contribution < 1.29 is 4.74 Å². The Hall–Kier alpha value is -1.93. The van der Waals surface area contributed by atoms with Crippen molar-refractivity contribution in [2.45, 2.75) is 0 Å². The van der Waals surface area contributed by atoms with Gasteiger partial charge in [0.15, 0.2) is 5.75 Å². The summed E-state index contributed by atoms with van der Waals surface area (Å²) in [5.74, 6) is -0.240. The van der Waals surface area contributed by atoms with Crippen LogP contribution >= 0.6 is 34.3 Å². The Bertz CT molecular complexity index is 933. The van der Waals surface area contributed by atoms with Crippen LogP contribution in [0.15, 0.2) is 9.59 Å². The molecule has 19 heavy (non-hydrogen) atoms. The number of ether oxygens (including phenoxy) is 1. The minimum atomic E-state index is -0.574. The molecule has 5 nitrogen and oxygen atoms in total.